The molecule has 0 aromatic heterocycles. The normalized spacial score (nSPS) is 16.5. The van der Waals surface area contributed by atoms with E-state index in [1.165, 1.54) is 35.6 Å². The number of rotatable bonds is 3. The molecular formula is C21H25NO3. The van der Waals surface area contributed by atoms with Gasteiger partial charge in [0.25, 0.3) is 0 Å². The van der Waals surface area contributed by atoms with Gasteiger partial charge in [-0.2, -0.15) is 0 Å². The van der Waals surface area contributed by atoms with Gasteiger partial charge in [0, 0.05) is 12.1 Å². The number of hydrogen-bond donors (Lipinski definition) is 1. The first-order chi connectivity index (χ1) is 12.2. The van der Waals surface area contributed by atoms with Crippen LogP contribution in [0.2, 0.25) is 0 Å². The molecule has 2 aromatic carbocycles. The molecule has 0 atom stereocenters. The highest BCUT2D eigenvalue weighted by atomic mass is 16.5. The van der Waals surface area contributed by atoms with Crippen molar-refractivity contribution in [2.45, 2.75) is 32.1 Å². The van der Waals surface area contributed by atoms with Crippen LogP contribution in [0.4, 0.5) is 0 Å². The third-order valence-electron chi connectivity index (χ3n) is 4.70. The second-order valence-electron chi connectivity index (χ2n) is 6.50. The number of likely N-dealkylation sites (tertiary alicyclic amines) is 1. The summed E-state index contributed by atoms with van der Waals surface area (Å²) in [6.45, 7) is 2.91. The van der Waals surface area contributed by atoms with E-state index in [1.807, 2.05) is 6.07 Å². The van der Waals surface area contributed by atoms with Crippen LogP contribution in [0.1, 0.15) is 31.2 Å². The predicted octanol–water partition coefficient (Wildman–Crippen LogP) is 4.24. The van der Waals surface area contributed by atoms with Crippen LogP contribution >= 0.6 is 0 Å². The number of aliphatic carboxylic acids is 1. The first-order valence-corrected chi connectivity index (χ1v) is 9.00. The molecule has 2 aliphatic heterocycles. The van der Waals surface area contributed by atoms with E-state index in [9.17, 15) is 4.79 Å². The maximum Gasteiger partial charge on any atom is 0.304 e. The van der Waals surface area contributed by atoms with Gasteiger partial charge in [0.15, 0.2) is 0 Å². The number of hydrogen-bond acceptors (Lipinski definition) is 3. The molecule has 0 saturated carbocycles. The van der Waals surface area contributed by atoms with Crippen LogP contribution in [-0.4, -0.2) is 35.6 Å². The van der Waals surface area contributed by atoms with Crippen molar-refractivity contribution in [2.75, 3.05) is 19.6 Å². The van der Waals surface area contributed by atoms with Crippen molar-refractivity contribution >= 4 is 16.7 Å². The van der Waals surface area contributed by atoms with Crippen molar-refractivity contribution in [3.8, 4) is 5.75 Å². The van der Waals surface area contributed by atoms with Gasteiger partial charge in [-0.25, -0.2) is 0 Å². The second kappa shape index (κ2) is 8.67. The molecule has 0 aliphatic carbocycles. The Bertz CT molecular complexity index is 748. The number of allylic oxidation sites excluding steroid dienone is 1. The molecule has 4 heteroatoms. The monoisotopic (exact) mass is 339 g/mol. The van der Waals surface area contributed by atoms with Crippen LogP contribution in [0.25, 0.3) is 10.8 Å². The van der Waals surface area contributed by atoms with Gasteiger partial charge in [-0.05, 0) is 55.3 Å². The average molecular weight is 339 g/mol. The van der Waals surface area contributed by atoms with Gasteiger partial charge in [0.05, 0.1) is 12.7 Å². The summed E-state index contributed by atoms with van der Waals surface area (Å²) in [5.74, 6) is 0.307. The number of carbonyl (C=O) groups is 1. The topological polar surface area (TPSA) is 49.8 Å². The van der Waals surface area contributed by atoms with Crippen molar-refractivity contribution in [1.29, 1.82) is 0 Å². The average Bonchev–Trinajstić information content (AvgIpc) is 2.68. The maximum atomic E-state index is 10.2. The van der Waals surface area contributed by atoms with E-state index in [-0.39, 0.29) is 0 Å². The SMILES string of the molecule is C1=COc2ccc3ccccc3c2C1.O=C(O)CCN1CCCCC1. The molecule has 0 bridgehead atoms. The Morgan fingerprint density at radius 3 is 2.68 bits per heavy atom. The summed E-state index contributed by atoms with van der Waals surface area (Å²) in [4.78, 5) is 12.4. The van der Waals surface area contributed by atoms with Gasteiger partial charge in [-0.3, -0.25) is 4.79 Å². The molecule has 1 fully saturated rings. The Labute approximate surface area is 148 Å². The van der Waals surface area contributed by atoms with Gasteiger partial charge in [-0.15, -0.1) is 0 Å². The zero-order valence-corrected chi connectivity index (χ0v) is 14.5. The molecular weight excluding hydrogens is 314 g/mol. The highest BCUT2D eigenvalue weighted by molar-refractivity contribution is 5.88. The Kier molecular flexibility index (Phi) is 6.07. The van der Waals surface area contributed by atoms with E-state index in [0.29, 0.717) is 6.42 Å². The summed E-state index contributed by atoms with van der Waals surface area (Å²) in [6.07, 6.45) is 8.85. The van der Waals surface area contributed by atoms with Crippen LogP contribution in [0.5, 0.6) is 5.75 Å². The maximum absolute atomic E-state index is 10.2. The number of fused-ring (bicyclic) bond motifs is 3. The molecule has 0 spiro atoms. The second-order valence-corrected chi connectivity index (χ2v) is 6.50. The summed E-state index contributed by atoms with van der Waals surface area (Å²) in [5, 5.41) is 11.0. The summed E-state index contributed by atoms with van der Waals surface area (Å²) in [6, 6.07) is 12.6. The van der Waals surface area contributed by atoms with Crippen LogP contribution in [0, 0.1) is 0 Å². The van der Waals surface area contributed by atoms with Crippen LogP contribution in [-0.2, 0) is 11.2 Å². The van der Waals surface area contributed by atoms with Crippen molar-refractivity contribution in [3.05, 3.63) is 54.3 Å². The minimum absolute atomic E-state index is 0.292. The number of benzene rings is 2. The van der Waals surface area contributed by atoms with Crippen molar-refractivity contribution < 1.29 is 14.6 Å². The molecule has 4 rings (SSSR count). The summed E-state index contributed by atoms with van der Waals surface area (Å²) in [7, 11) is 0. The summed E-state index contributed by atoms with van der Waals surface area (Å²) >= 11 is 0. The van der Waals surface area contributed by atoms with Gasteiger partial charge < -0.3 is 14.7 Å². The van der Waals surface area contributed by atoms with Crippen molar-refractivity contribution in [3.63, 3.8) is 0 Å². The number of carboxylic acids is 1. The summed E-state index contributed by atoms with van der Waals surface area (Å²) < 4.78 is 5.45. The minimum atomic E-state index is -0.685. The Morgan fingerprint density at radius 1 is 1.08 bits per heavy atom. The Hall–Kier alpha value is -2.33. The van der Waals surface area contributed by atoms with Gasteiger partial charge >= 0.3 is 5.97 Å². The molecule has 0 unspecified atom stereocenters. The highest BCUT2D eigenvalue weighted by Crippen LogP contribution is 2.30. The molecule has 0 amide bonds. The van der Waals surface area contributed by atoms with E-state index in [1.54, 1.807) is 6.26 Å². The molecule has 2 aromatic rings. The molecule has 4 nitrogen and oxygen atoms in total. The third-order valence-corrected chi connectivity index (χ3v) is 4.70. The first-order valence-electron chi connectivity index (χ1n) is 9.00. The fraction of sp³-hybridized carbons (Fsp3) is 0.381. The first kappa shape index (κ1) is 17.5. The smallest absolute Gasteiger partial charge is 0.304 e. The molecule has 2 heterocycles. The summed E-state index contributed by atoms with van der Waals surface area (Å²) in [5.41, 5.74) is 1.30. The zero-order valence-electron chi connectivity index (χ0n) is 14.5. The largest absolute Gasteiger partial charge is 0.481 e. The fourth-order valence-corrected chi connectivity index (χ4v) is 3.36. The lowest BCUT2D eigenvalue weighted by Gasteiger charge is -2.25. The van der Waals surface area contributed by atoms with Gasteiger partial charge in [0.1, 0.15) is 5.75 Å². The van der Waals surface area contributed by atoms with E-state index in [4.69, 9.17) is 9.84 Å². The standard InChI is InChI=1S/C13H10O.C8H15NO2/c1-2-5-11-10(4-1)7-8-13-12(11)6-3-9-14-13;10-8(11)4-7-9-5-2-1-3-6-9/h1-5,7-9H,6H2;1-7H2,(H,10,11). The highest BCUT2D eigenvalue weighted by Gasteiger charge is 2.10. The van der Waals surface area contributed by atoms with Gasteiger partial charge in [-0.1, -0.05) is 36.8 Å². The van der Waals surface area contributed by atoms with E-state index >= 15 is 0 Å². The van der Waals surface area contributed by atoms with Crippen LogP contribution in [0.15, 0.2) is 48.7 Å². The number of ether oxygens (including phenoxy) is 1. The molecule has 1 N–H and O–H groups in total. The lowest BCUT2D eigenvalue weighted by Crippen LogP contribution is -2.31. The lowest BCUT2D eigenvalue weighted by molar-refractivity contribution is -0.137. The molecule has 25 heavy (non-hydrogen) atoms. The van der Waals surface area contributed by atoms with Crippen LogP contribution in [0.3, 0.4) is 0 Å². The molecule has 132 valence electrons. The van der Waals surface area contributed by atoms with E-state index in [0.717, 1.165) is 31.8 Å². The minimum Gasteiger partial charge on any atom is -0.481 e. The van der Waals surface area contributed by atoms with Gasteiger partial charge in [0.2, 0.25) is 0 Å². The molecule has 1 saturated heterocycles. The van der Waals surface area contributed by atoms with Crippen molar-refractivity contribution in [1.82, 2.24) is 4.90 Å². The number of carboxylic acid groups (broad SMARTS) is 1. The quantitative estimate of drug-likeness (QED) is 0.909. The van der Waals surface area contributed by atoms with Crippen LogP contribution < -0.4 is 4.74 Å². The van der Waals surface area contributed by atoms with E-state index < -0.39 is 5.97 Å². The van der Waals surface area contributed by atoms with E-state index in [2.05, 4.69) is 41.3 Å². The number of nitrogens with zero attached hydrogens (tertiary/aromatic N) is 1. The fourth-order valence-electron chi connectivity index (χ4n) is 3.36. The third kappa shape index (κ3) is 4.83. The number of piperidine rings is 1. The molecule has 0 radical (unpaired) electrons. The van der Waals surface area contributed by atoms with Crippen molar-refractivity contribution in [2.24, 2.45) is 0 Å². The zero-order chi connectivity index (χ0) is 17.5. The lowest BCUT2D eigenvalue weighted by atomic mass is 10.0. The Balaban J connectivity index is 0.000000151. The predicted molar refractivity (Wildman–Crippen MR) is 100.0 cm³/mol. The molecule has 2 aliphatic rings. The Morgan fingerprint density at radius 2 is 1.88 bits per heavy atom.